The third-order valence-electron chi connectivity index (χ3n) is 3.87. The number of amides is 2. The number of nitrogens with zero attached hydrogens (tertiary/aromatic N) is 1. The van der Waals surface area contributed by atoms with Crippen LogP contribution in [0.4, 0.5) is 4.79 Å². The highest BCUT2D eigenvalue weighted by atomic mass is 79.9. The molecule has 0 aromatic heterocycles. The fourth-order valence-corrected chi connectivity index (χ4v) is 5.06. The normalized spacial score (nSPS) is 15.4. The number of rotatable bonds is 5. The lowest BCUT2D eigenvalue weighted by Gasteiger charge is -2.11. The molecule has 0 radical (unpaired) electrons. The van der Waals surface area contributed by atoms with Crippen molar-refractivity contribution < 1.29 is 19.1 Å². The van der Waals surface area contributed by atoms with Crippen molar-refractivity contribution in [3.8, 4) is 5.75 Å². The van der Waals surface area contributed by atoms with E-state index in [9.17, 15) is 14.4 Å². The van der Waals surface area contributed by atoms with E-state index in [0.29, 0.717) is 21.3 Å². The van der Waals surface area contributed by atoms with Crippen LogP contribution in [0.25, 0.3) is 6.08 Å². The number of imide groups is 1. The van der Waals surface area contributed by atoms with Crippen LogP contribution in [0.3, 0.4) is 0 Å². The van der Waals surface area contributed by atoms with Crippen molar-refractivity contribution in [1.82, 2.24) is 4.90 Å². The summed E-state index contributed by atoms with van der Waals surface area (Å²) >= 11 is 10.9. The molecule has 0 unspecified atom stereocenters. The Kier molecular flexibility index (Phi) is 6.80. The van der Waals surface area contributed by atoms with Crippen molar-refractivity contribution >= 4 is 82.6 Å². The Morgan fingerprint density at radius 3 is 2.43 bits per heavy atom. The first-order chi connectivity index (χ1) is 13.3. The molecule has 0 saturated carbocycles. The van der Waals surface area contributed by atoms with Gasteiger partial charge in [-0.3, -0.25) is 19.3 Å². The van der Waals surface area contributed by atoms with Gasteiger partial charge in [-0.2, -0.15) is 0 Å². The lowest BCUT2D eigenvalue weighted by atomic mass is 10.1. The van der Waals surface area contributed by atoms with Crippen LogP contribution in [0, 0.1) is 0 Å². The molecule has 2 aromatic rings. The van der Waals surface area contributed by atoms with E-state index < -0.39 is 11.1 Å². The first kappa shape index (κ1) is 21.3. The smallest absolute Gasteiger partial charge is 0.293 e. The quantitative estimate of drug-likeness (QED) is 0.321. The average molecular weight is 590 g/mol. The van der Waals surface area contributed by atoms with Gasteiger partial charge in [0, 0.05) is 20.1 Å². The van der Waals surface area contributed by atoms with Gasteiger partial charge in [0.2, 0.25) is 0 Å². The number of hydrogen-bond donors (Lipinski definition) is 0. The van der Waals surface area contributed by atoms with Crippen LogP contribution in [0.1, 0.15) is 15.9 Å². The maximum atomic E-state index is 12.7. The number of benzene rings is 2. The minimum absolute atomic E-state index is 0.233. The fraction of sp³-hybridized carbons (Fsp3) is 0.105. The first-order valence-electron chi connectivity index (χ1n) is 7.87. The largest absolute Gasteiger partial charge is 0.495 e. The molecule has 1 heterocycles. The minimum Gasteiger partial charge on any atom is -0.495 e. The van der Waals surface area contributed by atoms with Crippen LogP contribution < -0.4 is 4.74 Å². The topological polar surface area (TPSA) is 63.7 Å². The Balaban J connectivity index is 1.85. The third-order valence-corrected chi connectivity index (χ3v) is 6.35. The summed E-state index contributed by atoms with van der Waals surface area (Å²) in [6.45, 7) is -0.303. The molecule has 144 valence electrons. The van der Waals surface area contributed by atoms with E-state index in [1.807, 2.05) is 6.07 Å². The molecule has 2 aromatic carbocycles. The van der Waals surface area contributed by atoms with Gasteiger partial charge < -0.3 is 4.74 Å². The molecule has 0 atom stereocenters. The van der Waals surface area contributed by atoms with E-state index >= 15 is 0 Å². The summed E-state index contributed by atoms with van der Waals surface area (Å²) in [5.41, 5.74) is 1.07. The lowest BCUT2D eigenvalue weighted by molar-refractivity contribution is -0.122. The predicted molar refractivity (Wildman–Crippen MR) is 120 cm³/mol. The molecule has 0 aliphatic carbocycles. The molecule has 1 aliphatic rings. The Bertz CT molecular complexity index is 1000. The van der Waals surface area contributed by atoms with Crippen molar-refractivity contribution in [3.63, 3.8) is 0 Å². The van der Waals surface area contributed by atoms with E-state index in [1.54, 1.807) is 36.4 Å². The standard InChI is InChI=1S/C19H12Br3NO4S/c1-27-17-11(6-13(21)8-14(17)22)7-16-18(25)23(19(26)28-16)9-15(24)10-2-4-12(20)5-3-10/h2-8H,9H2,1H3/b16-7+. The van der Waals surface area contributed by atoms with Crippen LogP contribution in [-0.2, 0) is 4.79 Å². The molecule has 9 heteroatoms. The SMILES string of the molecule is COc1c(Br)cc(Br)cc1/C=C1/SC(=O)N(CC(=O)c2ccc(Br)cc2)C1=O. The van der Waals surface area contributed by atoms with E-state index in [4.69, 9.17) is 4.74 Å². The highest BCUT2D eigenvalue weighted by Gasteiger charge is 2.36. The third kappa shape index (κ3) is 4.59. The number of Topliss-reactive ketones (excluding diaryl/α,β-unsaturated/α-hetero) is 1. The number of thioether (sulfide) groups is 1. The summed E-state index contributed by atoms with van der Waals surface area (Å²) in [5.74, 6) is -0.265. The second-order valence-corrected chi connectivity index (χ2v) is 9.39. The van der Waals surface area contributed by atoms with Crippen LogP contribution >= 0.6 is 59.6 Å². The van der Waals surface area contributed by atoms with Gasteiger partial charge in [0.05, 0.1) is 23.0 Å². The Morgan fingerprint density at radius 2 is 1.79 bits per heavy atom. The van der Waals surface area contributed by atoms with Crippen molar-refractivity contribution in [2.45, 2.75) is 0 Å². The van der Waals surface area contributed by atoms with Crippen LogP contribution in [0.5, 0.6) is 5.75 Å². The summed E-state index contributed by atoms with van der Waals surface area (Å²) < 4.78 is 7.71. The van der Waals surface area contributed by atoms with Crippen LogP contribution in [0.15, 0.2) is 54.7 Å². The molecule has 0 spiro atoms. The lowest BCUT2D eigenvalue weighted by Crippen LogP contribution is -2.33. The maximum absolute atomic E-state index is 12.7. The molecule has 5 nitrogen and oxygen atoms in total. The molecule has 1 saturated heterocycles. The molecular weight excluding hydrogens is 578 g/mol. The Morgan fingerprint density at radius 1 is 1.11 bits per heavy atom. The number of ether oxygens (including phenoxy) is 1. The summed E-state index contributed by atoms with van der Waals surface area (Å²) in [5, 5.41) is -0.477. The Labute approximate surface area is 190 Å². The molecule has 1 aliphatic heterocycles. The second-order valence-electron chi connectivity index (χ2n) is 5.71. The zero-order valence-corrected chi connectivity index (χ0v) is 19.9. The molecule has 28 heavy (non-hydrogen) atoms. The van der Waals surface area contributed by atoms with Gasteiger partial charge >= 0.3 is 0 Å². The monoisotopic (exact) mass is 587 g/mol. The first-order valence-corrected chi connectivity index (χ1v) is 11.1. The number of ketones is 1. The summed E-state index contributed by atoms with van der Waals surface area (Å²) in [6, 6.07) is 10.4. The molecule has 1 fully saturated rings. The van der Waals surface area contributed by atoms with Gasteiger partial charge in [0.25, 0.3) is 11.1 Å². The predicted octanol–water partition coefficient (Wildman–Crippen LogP) is 5.90. The molecule has 2 amide bonds. The van der Waals surface area contributed by atoms with Gasteiger partial charge in [-0.25, -0.2) is 0 Å². The molecule has 0 N–H and O–H groups in total. The van der Waals surface area contributed by atoms with E-state index in [-0.39, 0.29) is 17.2 Å². The van der Waals surface area contributed by atoms with E-state index in [0.717, 1.165) is 25.6 Å². The van der Waals surface area contributed by atoms with Gasteiger partial charge in [-0.15, -0.1) is 0 Å². The number of carbonyl (C=O) groups excluding carboxylic acids is 3. The molecule has 3 rings (SSSR count). The zero-order valence-electron chi connectivity index (χ0n) is 14.4. The highest BCUT2D eigenvalue weighted by molar-refractivity contribution is 9.11. The summed E-state index contributed by atoms with van der Waals surface area (Å²) in [6.07, 6.45) is 1.59. The molecule has 0 bridgehead atoms. The Hall–Kier alpha value is -1.42. The number of hydrogen-bond acceptors (Lipinski definition) is 5. The van der Waals surface area contributed by atoms with Gasteiger partial charge in [-0.1, -0.05) is 44.0 Å². The summed E-state index contributed by atoms with van der Waals surface area (Å²) in [7, 11) is 1.52. The van der Waals surface area contributed by atoms with Crippen LogP contribution in [-0.4, -0.2) is 35.5 Å². The minimum atomic E-state index is -0.501. The van der Waals surface area contributed by atoms with Crippen molar-refractivity contribution in [2.24, 2.45) is 0 Å². The number of methoxy groups -OCH3 is 1. The van der Waals surface area contributed by atoms with Gasteiger partial charge in [0.15, 0.2) is 5.78 Å². The second kappa shape index (κ2) is 8.94. The van der Waals surface area contributed by atoms with Crippen molar-refractivity contribution in [2.75, 3.05) is 13.7 Å². The van der Waals surface area contributed by atoms with Crippen LogP contribution in [0.2, 0.25) is 0 Å². The van der Waals surface area contributed by atoms with Crippen molar-refractivity contribution in [3.05, 3.63) is 65.8 Å². The van der Waals surface area contributed by atoms with E-state index in [1.165, 1.54) is 7.11 Å². The van der Waals surface area contributed by atoms with Gasteiger partial charge in [-0.05, 0) is 58.0 Å². The zero-order chi connectivity index (χ0) is 20.4. The highest BCUT2D eigenvalue weighted by Crippen LogP contribution is 2.38. The fourth-order valence-electron chi connectivity index (χ4n) is 2.55. The van der Waals surface area contributed by atoms with Crippen molar-refractivity contribution in [1.29, 1.82) is 0 Å². The van der Waals surface area contributed by atoms with Gasteiger partial charge in [0.1, 0.15) is 5.75 Å². The average Bonchev–Trinajstić information content (AvgIpc) is 2.89. The number of carbonyl (C=O) groups is 3. The summed E-state index contributed by atoms with van der Waals surface area (Å²) in [4.78, 5) is 38.6. The number of halogens is 3. The van der Waals surface area contributed by atoms with E-state index in [2.05, 4.69) is 47.8 Å². The molecular formula is C19H12Br3NO4S. The maximum Gasteiger partial charge on any atom is 0.293 e.